The first-order valence-corrected chi connectivity index (χ1v) is 12.7. The van der Waals surface area contributed by atoms with Gasteiger partial charge in [-0.1, -0.05) is 19.9 Å². The normalized spacial score (nSPS) is 31.0. The summed E-state index contributed by atoms with van der Waals surface area (Å²) in [4.78, 5) is 30.6. The number of hydrogen-bond donors (Lipinski definition) is 1. The fourth-order valence-electron chi connectivity index (χ4n) is 6.58. The lowest BCUT2D eigenvalue weighted by Crippen LogP contribution is -2.55. The molecule has 4 aliphatic rings. The number of benzene rings is 1. The predicted molar refractivity (Wildman–Crippen MR) is 134 cm³/mol. The molecule has 0 radical (unpaired) electrons. The average molecular weight is 486 g/mol. The third-order valence-electron chi connectivity index (χ3n) is 9.59. The molecule has 5 rings (SSSR count). The molecule has 1 aromatic carbocycles. The molecule has 2 unspecified atom stereocenters. The Labute approximate surface area is 207 Å². The van der Waals surface area contributed by atoms with Crippen LogP contribution in [0.4, 0.5) is 5.69 Å². The van der Waals surface area contributed by atoms with Crippen LogP contribution in [-0.4, -0.2) is 65.7 Å². The van der Waals surface area contributed by atoms with Crippen molar-refractivity contribution >= 4 is 34.9 Å². The van der Waals surface area contributed by atoms with Crippen LogP contribution < -0.4 is 10.1 Å². The molecule has 1 N–H and O–H groups in total. The molecule has 3 aliphatic heterocycles. The number of nitrogens with zero attached hydrogens (tertiary/aromatic N) is 2. The molecule has 2 atom stereocenters. The molecular formula is C26H35N3O4S. The number of methoxy groups -OCH3 is 1. The fourth-order valence-corrected chi connectivity index (χ4v) is 6.88. The van der Waals surface area contributed by atoms with Crippen LogP contribution in [0.5, 0.6) is 5.75 Å². The maximum Gasteiger partial charge on any atom is 0.313 e. The van der Waals surface area contributed by atoms with E-state index in [1.54, 1.807) is 7.11 Å². The Morgan fingerprint density at radius 2 is 1.74 bits per heavy atom. The molecule has 8 heteroatoms. The summed E-state index contributed by atoms with van der Waals surface area (Å²) in [5, 5.41) is 4.05. The third-order valence-corrected chi connectivity index (χ3v) is 9.95. The fraction of sp³-hybridized carbons (Fsp3) is 0.654. The summed E-state index contributed by atoms with van der Waals surface area (Å²) in [5.41, 5.74) is -1.04. The number of carbonyl (C=O) groups excluding carboxylic acids is 2. The Balaban J connectivity index is 1.21. The minimum atomic E-state index is -1.01. The van der Waals surface area contributed by atoms with E-state index in [9.17, 15) is 9.59 Å². The van der Waals surface area contributed by atoms with Gasteiger partial charge in [-0.2, -0.15) is 0 Å². The van der Waals surface area contributed by atoms with Gasteiger partial charge in [0.15, 0.2) is 10.7 Å². The molecule has 1 amide bonds. The first-order valence-electron chi connectivity index (χ1n) is 12.3. The van der Waals surface area contributed by atoms with Crippen molar-refractivity contribution in [3.63, 3.8) is 0 Å². The van der Waals surface area contributed by atoms with Crippen LogP contribution >= 0.6 is 12.2 Å². The smallest absolute Gasteiger partial charge is 0.313 e. The highest BCUT2D eigenvalue weighted by Gasteiger charge is 2.76. The third kappa shape index (κ3) is 3.24. The summed E-state index contributed by atoms with van der Waals surface area (Å²) in [6.07, 6.45) is 4.32. The zero-order chi connectivity index (χ0) is 24.4. The lowest BCUT2D eigenvalue weighted by molar-refractivity contribution is -0.173. The van der Waals surface area contributed by atoms with Gasteiger partial charge >= 0.3 is 5.97 Å². The summed E-state index contributed by atoms with van der Waals surface area (Å²) in [7, 11) is 1.65. The van der Waals surface area contributed by atoms with Gasteiger partial charge in [0.1, 0.15) is 5.75 Å². The first kappa shape index (κ1) is 23.4. The number of carbonyl (C=O) groups is 2. The quantitative estimate of drug-likeness (QED) is 0.515. The number of thiocarbonyl (C=S) groups is 1. The standard InChI is InChI=1S/C26H35N3O4S/c1-23(2)24(3)8-9-26(23,33-21(24)31)20(30)29-15-12-25(17-29)10-13-28(14-11-25)22(34)27-18-6-5-7-19(16-18)32-4/h5-7,16H,8-15,17H2,1-4H3,(H,27,34). The van der Waals surface area contributed by atoms with E-state index in [1.165, 1.54) is 0 Å². The second-order valence-corrected chi connectivity index (χ2v) is 11.7. The molecule has 3 heterocycles. The van der Waals surface area contributed by atoms with Gasteiger partial charge in [-0.3, -0.25) is 9.59 Å². The molecule has 7 nitrogen and oxygen atoms in total. The predicted octanol–water partition coefficient (Wildman–Crippen LogP) is 3.83. The Kier molecular flexibility index (Phi) is 5.39. The second kappa shape index (κ2) is 7.83. The monoisotopic (exact) mass is 485 g/mol. The second-order valence-electron chi connectivity index (χ2n) is 11.3. The molecule has 1 aromatic rings. The van der Waals surface area contributed by atoms with Crippen molar-refractivity contribution in [2.24, 2.45) is 16.2 Å². The van der Waals surface area contributed by atoms with Gasteiger partial charge in [0, 0.05) is 43.3 Å². The number of esters is 1. The van der Waals surface area contributed by atoms with Crippen molar-refractivity contribution in [3.8, 4) is 5.75 Å². The molecule has 2 bridgehead atoms. The Hall–Kier alpha value is -2.35. The van der Waals surface area contributed by atoms with Crippen LogP contribution in [0.2, 0.25) is 0 Å². The Bertz CT molecular complexity index is 1030. The maximum atomic E-state index is 13.8. The molecule has 0 aromatic heterocycles. The molecular weight excluding hydrogens is 450 g/mol. The number of fused-ring (bicyclic) bond motifs is 2. The van der Waals surface area contributed by atoms with E-state index in [4.69, 9.17) is 21.7 Å². The minimum Gasteiger partial charge on any atom is -0.497 e. The van der Waals surface area contributed by atoms with Crippen LogP contribution in [0.1, 0.15) is 52.9 Å². The lowest BCUT2D eigenvalue weighted by Gasteiger charge is -2.41. The van der Waals surface area contributed by atoms with E-state index in [0.29, 0.717) is 6.42 Å². The van der Waals surface area contributed by atoms with E-state index in [1.807, 2.05) is 49.9 Å². The zero-order valence-corrected chi connectivity index (χ0v) is 21.4. The molecule has 184 valence electrons. The van der Waals surface area contributed by atoms with Gasteiger partial charge in [-0.15, -0.1) is 0 Å². The van der Waals surface area contributed by atoms with Crippen molar-refractivity contribution in [1.82, 2.24) is 9.80 Å². The van der Waals surface area contributed by atoms with Gasteiger partial charge in [0.25, 0.3) is 5.91 Å². The number of piperidine rings is 1. The highest BCUT2D eigenvalue weighted by Crippen LogP contribution is 2.66. The van der Waals surface area contributed by atoms with Crippen molar-refractivity contribution in [2.75, 3.05) is 38.6 Å². The van der Waals surface area contributed by atoms with Crippen LogP contribution in [0, 0.1) is 16.2 Å². The number of nitrogens with one attached hydrogen (secondary N) is 1. The summed E-state index contributed by atoms with van der Waals surface area (Å²) < 4.78 is 11.2. The number of likely N-dealkylation sites (tertiary alicyclic amines) is 2. The van der Waals surface area contributed by atoms with Gasteiger partial charge in [-0.25, -0.2) is 0 Å². The van der Waals surface area contributed by atoms with E-state index in [0.717, 1.165) is 68.4 Å². The van der Waals surface area contributed by atoms with Crippen LogP contribution in [0.25, 0.3) is 0 Å². The van der Waals surface area contributed by atoms with Crippen molar-refractivity contribution in [1.29, 1.82) is 0 Å². The van der Waals surface area contributed by atoms with Crippen LogP contribution in [0.15, 0.2) is 24.3 Å². The number of rotatable bonds is 3. The Morgan fingerprint density at radius 1 is 1.06 bits per heavy atom. The number of anilines is 1. The lowest BCUT2D eigenvalue weighted by atomic mass is 9.66. The van der Waals surface area contributed by atoms with Crippen molar-refractivity contribution in [3.05, 3.63) is 24.3 Å². The maximum absolute atomic E-state index is 13.8. The molecule has 1 aliphatic carbocycles. The average Bonchev–Trinajstić information content (AvgIpc) is 3.37. The molecule has 1 spiro atoms. The highest BCUT2D eigenvalue weighted by molar-refractivity contribution is 7.80. The highest BCUT2D eigenvalue weighted by atomic mass is 32.1. The van der Waals surface area contributed by atoms with Gasteiger partial charge in [0.2, 0.25) is 0 Å². The van der Waals surface area contributed by atoms with Crippen molar-refractivity contribution in [2.45, 2.75) is 58.5 Å². The summed E-state index contributed by atoms with van der Waals surface area (Å²) in [6, 6.07) is 7.76. The van der Waals surface area contributed by atoms with E-state index in [2.05, 4.69) is 10.2 Å². The van der Waals surface area contributed by atoms with Crippen LogP contribution in [0.3, 0.4) is 0 Å². The first-order chi connectivity index (χ1) is 16.1. The Morgan fingerprint density at radius 3 is 2.32 bits per heavy atom. The van der Waals surface area contributed by atoms with Crippen molar-refractivity contribution < 1.29 is 19.1 Å². The topological polar surface area (TPSA) is 71.1 Å². The molecule has 1 saturated carbocycles. The summed E-state index contributed by atoms with van der Waals surface area (Å²) in [6.45, 7) is 9.22. The molecule has 3 saturated heterocycles. The minimum absolute atomic E-state index is 0.0154. The number of amides is 1. The van der Waals surface area contributed by atoms with E-state index < -0.39 is 16.4 Å². The number of ether oxygens (including phenoxy) is 2. The zero-order valence-electron chi connectivity index (χ0n) is 20.6. The largest absolute Gasteiger partial charge is 0.497 e. The summed E-state index contributed by atoms with van der Waals surface area (Å²) in [5.74, 6) is 0.595. The molecule has 4 fully saturated rings. The van der Waals surface area contributed by atoms with E-state index >= 15 is 0 Å². The summed E-state index contributed by atoms with van der Waals surface area (Å²) >= 11 is 5.68. The number of hydrogen-bond acceptors (Lipinski definition) is 5. The van der Waals surface area contributed by atoms with E-state index in [-0.39, 0.29) is 17.3 Å². The van der Waals surface area contributed by atoms with Gasteiger partial charge in [-0.05, 0) is 68.8 Å². The van der Waals surface area contributed by atoms with Gasteiger partial charge in [0.05, 0.1) is 12.5 Å². The molecule has 34 heavy (non-hydrogen) atoms. The van der Waals surface area contributed by atoms with Gasteiger partial charge < -0.3 is 24.6 Å². The van der Waals surface area contributed by atoms with Crippen LogP contribution in [-0.2, 0) is 14.3 Å². The SMILES string of the molecule is COc1cccc(NC(=S)N2CCC3(CCN(C(=O)C45CCC(C)(C(=O)O4)C5(C)C)C3)CC2)c1.